The smallest absolute Gasteiger partial charge is 0.318 e. The largest absolute Gasteiger partial charge is 0.480 e. The summed E-state index contributed by atoms with van der Waals surface area (Å²) in [4.78, 5) is 22.4. The molecule has 4 heteroatoms. The third-order valence-electron chi connectivity index (χ3n) is 3.16. The minimum atomic E-state index is -1.34. The SMILES string of the molecule is C[C@@H]1CC1(C)NC(=O)C(C)(C)C(=O)O. The second-order valence-electron chi connectivity index (χ2n) is 4.91. The molecule has 4 nitrogen and oxygen atoms in total. The Balaban J connectivity index is 2.63. The van der Waals surface area contributed by atoms with Crippen LogP contribution in [0.5, 0.6) is 0 Å². The molecule has 0 spiro atoms. The van der Waals surface area contributed by atoms with Crippen molar-refractivity contribution in [1.29, 1.82) is 0 Å². The standard InChI is InChI=1S/C10H17NO3/c1-6-5-10(6,4)11-7(12)9(2,3)8(13)14/h6H,5H2,1-4H3,(H,11,12)(H,13,14)/t6-,10?/m1/s1. The van der Waals surface area contributed by atoms with E-state index in [1.54, 1.807) is 0 Å². The molecule has 2 atom stereocenters. The molecule has 1 aliphatic carbocycles. The zero-order chi connectivity index (χ0) is 11.1. The number of aliphatic carboxylic acids is 1. The molecule has 14 heavy (non-hydrogen) atoms. The summed E-state index contributed by atoms with van der Waals surface area (Å²) in [5.41, 5.74) is -1.53. The first kappa shape index (κ1) is 11.0. The maximum atomic E-state index is 11.6. The summed E-state index contributed by atoms with van der Waals surface area (Å²) < 4.78 is 0. The van der Waals surface area contributed by atoms with E-state index in [2.05, 4.69) is 5.32 Å². The monoisotopic (exact) mass is 199 g/mol. The molecule has 1 saturated carbocycles. The van der Waals surface area contributed by atoms with Crippen molar-refractivity contribution in [3.63, 3.8) is 0 Å². The van der Waals surface area contributed by atoms with Crippen LogP contribution in [0.25, 0.3) is 0 Å². The first-order valence-corrected chi connectivity index (χ1v) is 4.76. The molecule has 0 bridgehead atoms. The number of amides is 1. The van der Waals surface area contributed by atoms with Crippen LogP contribution < -0.4 is 5.32 Å². The number of hydrogen-bond acceptors (Lipinski definition) is 2. The van der Waals surface area contributed by atoms with Gasteiger partial charge in [0.1, 0.15) is 5.41 Å². The second-order valence-corrected chi connectivity index (χ2v) is 4.91. The molecule has 1 fully saturated rings. The van der Waals surface area contributed by atoms with Crippen molar-refractivity contribution in [3.05, 3.63) is 0 Å². The van der Waals surface area contributed by atoms with Crippen LogP contribution in [0.1, 0.15) is 34.1 Å². The molecule has 0 aliphatic heterocycles. The number of carbonyl (C=O) groups is 2. The zero-order valence-corrected chi connectivity index (χ0v) is 9.05. The molecule has 0 radical (unpaired) electrons. The normalized spacial score (nSPS) is 31.0. The summed E-state index contributed by atoms with van der Waals surface area (Å²) in [6.45, 7) is 6.81. The van der Waals surface area contributed by atoms with Crippen LogP contribution in [-0.2, 0) is 9.59 Å². The Bertz CT molecular complexity index is 285. The number of carbonyl (C=O) groups excluding carboxylic acids is 1. The quantitative estimate of drug-likeness (QED) is 0.667. The van der Waals surface area contributed by atoms with Gasteiger partial charge in [-0.1, -0.05) is 6.92 Å². The van der Waals surface area contributed by atoms with E-state index in [1.807, 2.05) is 13.8 Å². The van der Waals surface area contributed by atoms with Gasteiger partial charge in [0.15, 0.2) is 0 Å². The van der Waals surface area contributed by atoms with Gasteiger partial charge in [-0.3, -0.25) is 9.59 Å². The van der Waals surface area contributed by atoms with Gasteiger partial charge < -0.3 is 10.4 Å². The van der Waals surface area contributed by atoms with E-state index in [4.69, 9.17) is 5.11 Å². The van der Waals surface area contributed by atoms with Crippen molar-refractivity contribution in [2.45, 2.75) is 39.7 Å². The number of rotatable bonds is 3. The van der Waals surface area contributed by atoms with Gasteiger partial charge in [0.2, 0.25) is 5.91 Å². The van der Waals surface area contributed by atoms with Crippen LogP contribution in [0.2, 0.25) is 0 Å². The Kier molecular flexibility index (Phi) is 2.34. The highest BCUT2D eigenvalue weighted by Crippen LogP contribution is 2.42. The lowest BCUT2D eigenvalue weighted by molar-refractivity contribution is -0.153. The zero-order valence-electron chi connectivity index (χ0n) is 9.05. The Morgan fingerprint density at radius 1 is 1.50 bits per heavy atom. The van der Waals surface area contributed by atoms with Gasteiger partial charge >= 0.3 is 5.97 Å². The van der Waals surface area contributed by atoms with E-state index in [1.165, 1.54) is 13.8 Å². The molecule has 1 aliphatic rings. The Hall–Kier alpha value is -1.06. The highest BCUT2D eigenvalue weighted by molar-refractivity contribution is 6.01. The van der Waals surface area contributed by atoms with Gasteiger partial charge in [-0.2, -0.15) is 0 Å². The van der Waals surface area contributed by atoms with E-state index in [9.17, 15) is 9.59 Å². The summed E-state index contributed by atoms with van der Waals surface area (Å²) >= 11 is 0. The lowest BCUT2D eigenvalue weighted by Gasteiger charge is -2.22. The Labute approximate surface area is 83.7 Å². The minimum absolute atomic E-state index is 0.191. The number of hydrogen-bond donors (Lipinski definition) is 2. The van der Waals surface area contributed by atoms with Gasteiger partial charge in [-0.05, 0) is 33.1 Å². The molecular weight excluding hydrogens is 182 g/mol. The second kappa shape index (κ2) is 2.97. The van der Waals surface area contributed by atoms with E-state index >= 15 is 0 Å². The maximum Gasteiger partial charge on any atom is 0.318 e. The van der Waals surface area contributed by atoms with Crippen LogP contribution >= 0.6 is 0 Å². The van der Waals surface area contributed by atoms with Gasteiger partial charge in [0.05, 0.1) is 0 Å². The number of nitrogens with one attached hydrogen (secondary N) is 1. The van der Waals surface area contributed by atoms with Crippen molar-refractivity contribution in [2.75, 3.05) is 0 Å². The maximum absolute atomic E-state index is 11.6. The summed E-state index contributed by atoms with van der Waals surface area (Å²) in [6.07, 6.45) is 0.925. The Morgan fingerprint density at radius 2 is 1.93 bits per heavy atom. The molecule has 0 saturated heterocycles. The fourth-order valence-corrected chi connectivity index (χ4v) is 1.26. The average Bonchev–Trinajstić information content (AvgIpc) is 2.58. The van der Waals surface area contributed by atoms with Crippen LogP contribution in [-0.4, -0.2) is 22.5 Å². The molecule has 0 aromatic heterocycles. The van der Waals surface area contributed by atoms with Gasteiger partial charge in [0, 0.05) is 5.54 Å². The highest BCUT2D eigenvalue weighted by atomic mass is 16.4. The van der Waals surface area contributed by atoms with Crippen LogP contribution in [0.4, 0.5) is 0 Å². The van der Waals surface area contributed by atoms with Gasteiger partial charge in [0.25, 0.3) is 0 Å². The lowest BCUT2D eigenvalue weighted by atomic mass is 9.92. The summed E-state index contributed by atoms with van der Waals surface area (Å²) in [7, 11) is 0. The van der Waals surface area contributed by atoms with E-state index in [0.717, 1.165) is 6.42 Å². The lowest BCUT2D eigenvalue weighted by Crippen LogP contribution is -2.47. The molecule has 1 unspecified atom stereocenters. The predicted molar refractivity (Wildman–Crippen MR) is 51.7 cm³/mol. The third-order valence-corrected chi connectivity index (χ3v) is 3.16. The van der Waals surface area contributed by atoms with Crippen LogP contribution in [0, 0.1) is 11.3 Å². The fourth-order valence-electron chi connectivity index (χ4n) is 1.26. The molecule has 80 valence electrons. The predicted octanol–water partition coefficient (Wildman–Crippen LogP) is 1.01. The highest BCUT2D eigenvalue weighted by Gasteiger charge is 2.50. The number of carboxylic acid groups (broad SMARTS) is 1. The first-order chi connectivity index (χ1) is 6.20. The molecular formula is C10H17NO3. The van der Waals surface area contributed by atoms with Crippen LogP contribution in [0.15, 0.2) is 0 Å². The van der Waals surface area contributed by atoms with Crippen molar-refractivity contribution in [3.8, 4) is 0 Å². The first-order valence-electron chi connectivity index (χ1n) is 4.76. The van der Waals surface area contributed by atoms with Crippen molar-refractivity contribution >= 4 is 11.9 Å². The number of carboxylic acids is 1. The van der Waals surface area contributed by atoms with E-state index < -0.39 is 17.3 Å². The Morgan fingerprint density at radius 3 is 2.21 bits per heavy atom. The van der Waals surface area contributed by atoms with Crippen LogP contribution in [0.3, 0.4) is 0 Å². The summed E-state index contributed by atoms with van der Waals surface area (Å²) in [6, 6.07) is 0. The average molecular weight is 199 g/mol. The minimum Gasteiger partial charge on any atom is -0.480 e. The molecule has 0 aromatic rings. The van der Waals surface area contributed by atoms with Crippen molar-refractivity contribution in [1.82, 2.24) is 5.32 Å². The third kappa shape index (κ3) is 1.74. The molecule has 1 rings (SSSR count). The molecule has 0 heterocycles. The molecule has 0 aromatic carbocycles. The molecule has 2 N–H and O–H groups in total. The molecule has 1 amide bonds. The van der Waals surface area contributed by atoms with Crippen molar-refractivity contribution < 1.29 is 14.7 Å². The topological polar surface area (TPSA) is 66.4 Å². The van der Waals surface area contributed by atoms with E-state index in [-0.39, 0.29) is 5.54 Å². The van der Waals surface area contributed by atoms with Crippen molar-refractivity contribution in [2.24, 2.45) is 11.3 Å². The fraction of sp³-hybridized carbons (Fsp3) is 0.800. The summed E-state index contributed by atoms with van der Waals surface area (Å²) in [5.74, 6) is -1.06. The summed E-state index contributed by atoms with van der Waals surface area (Å²) in [5, 5.41) is 11.6. The van der Waals surface area contributed by atoms with Gasteiger partial charge in [-0.15, -0.1) is 0 Å². The van der Waals surface area contributed by atoms with Gasteiger partial charge in [-0.25, -0.2) is 0 Å². The van der Waals surface area contributed by atoms with E-state index in [0.29, 0.717) is 5.92 Å².